The van der Waals surface area contributed by atoms with Gasteiger partial charge in [0.25, 0.3) is 0 Å². The molecular weight excluding hydrogens is 344 g/mol. The van der Waals surface area contributed by atoms with E-state index < -0.39 is 0 Å². The Morgan fingerprint density at radius 3 is 2.64 bits per heavy atom. The molecule has 0 saturated heterocycles. The quantitative estimate of drug-likeness (QED) is 0.662. The minimum atomic E-state index is -0.0675. The number of nitrogens with zero attached hydrogens (tertiary/aromatic N) is 2. The van der Waals surface area contributed by atoms with E-state index in [0.717, 1.165) is 22.0 Å². The van der Waals surface area contributed by atoms with Crippen LogP contribution in [0.3, 0.4) is 0 Å². The Kier molecular flexibility index (Phi) is 3.98. The minimum Gasteiger partial charge on any atom is -0.493 e. The van der Waals surface area contributed by atoms with Crippen LogP contribution in [0.2, 0.25) is 0 Å². The molecule has 4 nitrogen and oxygen atoms in total. The fraction of sp³-hybridized carbons (Fsp3) is 0.176. The molecule has 0 atom stereocenters. The summed E-state index contributed by atoms with van der Waals surface area (Å²) in [6, 6.07) is 13.8. The van der Waals surface area contributed by atoms with Gasteiger partial charge in [0.15, 0.2) is 5.69 Å². The molecule has 0 aliphatic heterocycles. The Labute approximate surface area is 136 Å². The average molecular weight is 359 g/mol. The van der Waals surface area contributed by atoms with Crippen molar-refractivity contribution < 1.29 is 5.11 Å². The van der Waals surface area contributed by atoms with E-state index in [-0.39, 0.29) is 11.6 Å². The second-order valence-electron chi connectivity index (χ2n) is 5.27. The number of aromatic hydroxyl groups is 1. The molecule has 3 rings (SSSR count). The highest BCUT2D eigenvalue weighted by Crippen LogP contribution is 2.41. The predicted octanol–water partition coefficient (Wildman–Crippen LogP) is 5.06. The van der Waals surface area contributed by atoms with Gasteiger partial charge in [-0.25, -0.2) is 0 Å². The van der Waals surface area contributed by atoms with E-state index in [9.17, 15) is 10.0 Å². The van der Waals surface area contributed by atoms with Crippen LogP contribution in [0.5, 0.6) is 5.88 Å². The van der Waals surface area contributed by atoms with Crippen molar-refractivity contribution in [3.05, 3.63) is 63.0 Å². The summed E-state index contributed by atoms with van der Waals surface area (Å²) < 4.78 is 2.63. The van der Waals surface area contributed by atoms with Gasteiger partial charge in [-0.2, -0.15) is 0 Å². The molecule has 0 aliphatic rings. The van der Waals surface area contributed by atoms with Crippen molar-refractivity contribution in [2.75, 3.05) is 0 Å². The Morgan fingerprint density at radius 1 is 1.23 bits per heavy atom. The van der Waals surface area contributed by atoms with Gasteiger partial charge in [-0.15, -0.1) is 4.91 Å². The van der Waals surface area contributed by atoms with E-state index >= 15 is 0 Å². The van der Waals surface area contributed by atoms with Crippen LogP contribution in [0, 0.1) is 11.8 Å². The van der Waals surface area contributed by atoms with E-state index in [2.05, 4.69) is 21.1 Å². The third-order valence-corrected chi connectivity index (χ3v) is 4.27. The molecule has 1 aromatic heterocycles. The van der Waals surface area contributed by atoms with Gasteiger partial charge in [-0.3, -0.25) is 0 Å². The number of fused-ring (bicyclic) bond motifs is 1. The predicted molar refractivity (Wildman–Crippen MR) is 91.6 cm³/mol. The molecule has 0 saturated carbocycles. The molecule has 0 bridgehead atoms. The molecule has 0 aliphatic carbocycles. The highest BCUT2D eigenvalue weighted by Gasteiger charge is 2.19. The largest absolute Gasteiger partial charge is 0.493 e. The molecule has 0 radical (unpaired) electrons. The van der Waals surface area contributed by atoms with Gasteiger partial charge in [-0.1, -0.05) is 46.3 Å². The molecule has 5 heteroatoms. The zero-order valence-corrected chi connectivity index (χ0v) is 13.7. The highest BCUT2D eigenvalue weighted by molar-refractivity contribution is 9.10. The number of benzene rings is 2. The Balaban J connectivity index is 2.09. The lowest BCUT2D eigenvalue weighted by molar-refractivity contribution is 0.422. The standard InChI is InChI=1S/C17H15BrN2O2/c1-11-9-13(18)10-14-15(19-22)17(21)20(16(11)14)8-7-12-5-3-2-4-6-12/h2-6,9-10,21H,7-8H2,1H3. The maximum absolute atomic E-state index is 11.1. The monoisotopic (exact) mass is 358 g/mol. The second-order valence-corrected chi connectivity index (χ2v) is 6.19. The minimum absolute atomic E-state index is 0.0675. The van der Waals surface area contributed by atoms with Crippen LogP contribution in [-0.4, -0.2) is 9.67 Å². The summed E-state index contributed by atoms with van der Waals surface area (Å²) >= 11 is 3.42. The van der Waals surface area contributed by atoms with Crippen LogP contribution in [0.1, 0.15) is 11.1 Å². The fourth-order valence-corrected chi connectivity index (χ4v) is 3.39. The van der Waals surface area contributed by atoms with Crippen molar-refractivity contribution in [2.24, 2.45) is 5.18 Å². The molecule has 112 valence electrons. The number of rotatable bonds is 4. The number of aromatic nitrogens is 1. The summed E-state index contributed by atoms with van der Waals surface area (Å²) in [7, 11) is 0. The number of halogens is 1. The smallest absolute Gasteiger partial charge is 0.222 e. The lowest BCUT2D eigenvalue weighted by Crippen LogP contribution is -2.01. The topological polar surface area (TPSA) is 54.6 Å². The molecule has 1 heterocycles. The van der Waals surface area contributed by atoms with Crippen molar-refractivity contribution in [3.8, 4) is 5.88 Å². The lowest BCUT2D eigenvalue weighted by Gasteiger charge is -2.09. The van der Waals surface area contributed by atoms with Crippen LogP contribution in [0.4, 0.5) is 5.69 Å². The van der Waals surface area contributed by atoms with Crippen LogP contribution >= 0.6 is 15.9 Å². The first-order valence-corrected chi connectivity index (χ1v) is 7.79. The molecule has 1 N–H and O–H groups in total. The Bertz CT molecular complexity index is 841. The van der Waals surface area contributed by atoms with Crippen LogP contribution < -0.4 is 0 Å². The molecule has 3 aromatic rings. The number of aryl methyl sites for hydroxylation is 3. The van der Waals surface area contributed by atoms with Crippen molar-refractivity contribution in [3.63, 3.8) is 0 Å². The van der Waals surface area contributed by atoms with Crippen molar-refractivity contribution in [2.45, 2.75) is 19.9 Å². The summed E-state index contributed by atoms with van der Waals surface area (Å²) in [5.74, 6) is -0.0675. The van der Waals surface area contributed by atoms with Gasteiger partial charge in [-0.05, 0) is 41.8 Å². The molecule has 0 spiro atoms. The average Bonchev–Trinajstić information content (AvgIpc) is 2.77. The van der Waals surface area contributed by atoms with Gasteiger partial charge in [0.2, 0.25) is 5.88 Å². The van der Waals surface area contributed by atoms with Gasteiger partial charge >= 0.3 is 0 Å². The van der Waals surface area contributed by atoms with E-state index in [1.54, 1.807) is 4.57 Å². The van der Waals surface area contributed by atoms with Crippen LogP contribution in [0.15, 0.2) is 52.1 Å². The zero-order valence-electron chi connectivity index (χ0n) is 12.1. The van der Waals surface area contributed by atoms with E-state index in [1.807, 2.05) is 49.4 Å². The zero-order chi connectivity index (χ0) is 15.7. The second kappa shape index (κ2) is 5.93. The van der Waals surface area contributed by atoms with E-state index in [0.29, 0.717) is 11.9 Å². The first-order valence-electron chi connectivity index (χ1n) is 7.00. The number of hydrogen-bond acceptors (Lipinski definition) is 3. The SMILES string of the molecule is Cc1cc(Br)cc2c(N=O)c(O)n(CCc3ccccc3)c12. The summed E-state index contributed by atoms with van der Waals surface area (Å²) in [4.78, 5) is 11.1. The number of nitroso groups, excluding NO2 is 1. The van der Waals surface area contributed by atoms with Gasteiger partial charge in [0, 0.05) is 16.4 Å². The third-order valence-electron chi connectivity index (χ3n) is 3.82. The summed E-state index contributed by atoms with van der Waals surface area (Å²) in [5, 5.41) is 14.0. The van der Waals surface area contributed by atoms with Gasteiger partial charge in [0.05, 0.1) is 5.52 Å². The lowest BCUT2D eigenvalue weighted by atomic mass is 10.1. The van der Waals surface area contributed by atoms with Gasteiger partial charge < -0.3 is 9.67 Å². The van der Waals surface area contributed by atoms with Crippen LogP contribution in [0.25, 0.3) is 10.9 Å². The molecular formula is C17H15BrN2O2. The first-order chi connectivity index (χ1) is 10.6. The maximum Gasteiger partial charge on any atom is 0.222 e. The van der Waals surface area contributed by atoms with Crippen molar-refractivity contribution >= 4 is 32.5 Å². The summed E-state index contributed by atoms with van der Waals surface area (Å²) in [6.45, 7) is 2.55. The molecule has 0 unspecified atom stereocenters. The Hall–Kier alpha value is -2.14. The number of hydrogen-bond donors (Lipinski definition) is 1. The Morgan fingerprint density at radius 2 is 1.95 bits per heavy atom. The summed E-state index contributed by atoms with van der Waals surface area (Å²) in [6.07, 6.45) is 0.770. The molecule has 0 fully saturated rings. The third kappa shape index (κ3) is 2.52. The molecule has 22 heavy (non-hydrogen) atoms. The first kappa shape index (κ1) is 14.8. The van der Waals surface area contributed by atoms with E-state index in [1.165, 1.54) is 5.56 Å². The maximum atomic E-state index is 11.1. The van der Waals surface area contributed by atoms with Crippen LogP contribution in [-0.2, 0) is 13.0 Å². The van der Waals surface area contributed by atoms with Crippen molar-refractivity contribution in [1.29, 1.82) is 0 Å². The van der Waals surface area contributed by atoms with E-state index in [4.69, 9.17) is 0 Å². The summed E-state index contributed by atoms with van der Waals surface area (Å²) in [5.41, 5.74) is 3.13. The fourth-order valence-electron chi connectivity index (χ4n) is 2.82. The van der Waals surface area contributed by atoms with Gasteiger partial charge in [0.1, 0.15) is 0 Å². The van der Waals surface area contributed by atoms with Crippen molar-refractivity contribution in [1.82, 2.24) is 4.57 Å². The molecule has 0 amide bonds. The molecule has 2 aromatic carbocycles. The highest BCUT2D eigenvalue weighted by atomic mass is 79.9. The normalized spacial score (nSPS) is 11.0.